The number of nitrogens with one attached hydrogen (secondary N) is 2. The van der Waals surface area contributed by atoms with Crippen LogP contribution in [-0.4, -0.2) is 44.0 Å². The van der Waals surface area contributed by atoms with Gasteiger partial charge in [-0.25, -0.2) is 0 Å². The molecule has 0 saturated heterocycles. The number of carbonyl (C=O) groups excluding carboxylic acids is 1. The summed E-state index contributed by atoms with van der Waals surface area (Å²) in [5.41, 5.74) is 2.86. The second-order valence-corrected chi connectivity index (χ2v) is 6.14. The van der Waals surface area contributed by atoms with Gasteiger partial charge in [0.15, 0.2) is 0 Å². The molecule has 1 atom stereocenters. The average Bonchev–Trinajstić information content (AvgIpc) is 2.71. The highest BCUT2D eigenvalue weighted by atomic mass is 16.5. The second-order valence-electron chi connectivity index (χ2n) is 6.14. The van der Waals surface area contributed by atoms with Gasteiger partial charge in [-0.2, -0.15) is 0 Å². The Bertz CT molecular complexity index is 657. The van der Waals surface area contributed by atoms with Crippen molar-refractivity contribution in [1.29, 1.82) is 0 Å². The standard InChI is InChI=1S/C20H26N2O2.C3H8O/c1-4-18(12-13-19-8-6-5-7-9-19)11-10-16(2)14-22-20(24)15-21-17(3)23;1-3-4-2/h4,6,8-11,17,21,23H,1,5,7,14-15H2,2-3H3,(H,22,24);3H2,1-2H3/b16-10+,18-11+;. The number of rotatable bonds is 8. The van der Waals surface area contributed by atoms with Crippen LogP contribution in [0.1, 0.15) is 33.6 Å². The van der Waals surface area contributed by atoms with E-state index in [0.29, 0.717) is 6.54 Å². The topological polar surface area (TPSA) is 70.6 Å². The molecule has 5 nitrogen and oxygen atoms in total. The van der Waals surface area contributed by atoms with Crippen molar-refractivity contribution in [2.24, 2.45) is 0 Å². The van der Waals surface area contributed by atoms with Gasteiger partial charge in [-0.05, 0) is 39.7 Å². The third-order valence-electron chi connectivity index (χ3n) is 3.52. The molecule has 0 aromatic carbocycles. The largest absolute Gasteiger partial charge is 0.385 e. The summed E-state index contributed by atoms with van der Waals surface area (Å²) in [5, 5.41) is 14.5. The van der Waals surface area contributed by atoms with Gasteiger partial charge in [-0.3, -0.25) is 10.1 Å². The molecular formula is C23H34N2O3. The Kier molecular flexibility index (Phi) is 15.3. The Hall–Kier alpha value is -2.39. The molecule has 5 heteroatoms. The monoisotopic (exact) mass is 386 g/mol. The smallest absolute Gasteiger partial charge is 0.234 e. The maximum absolute atomic E-state index is 11.5. The SMILES string of the molecule is C=C/C(C#CC1=CCCC=C1)=C\C=C(/C)CNC(=O)CNC(C)O.CCOC. The lowest BCUT2D eigenvalue weighted by atomic mass is 10.1. The van der Waals surface area contributed by atoms with E-state index in [9.17, 15) is 4.79 Å². The maximum Gasteiger partial charge on any atom is 0.234 e. The van der Waals surface area contributed by atoms with Crippen LogP contribution in [-0.2, 0) is 9.53 Å². The van der Waals surface area contributed by atoms with Crippen molar-refractivity contribution in [3.05, 3.63) is 59.8 Å². The van der Waals surface area contributed by atoms with Crippen molar-refractivity contribution in [2.45, 2.75) is 39.8 Å². The second kappa shape index (κ2) is 16.8. The third kappa shape index (κ3) is 14.7. The molecule has 0 saturated carbocycles. The number of hydrogen-bond donors (Lipinski definition) is 3. The van der Waals surface area contributed by atoms with Crippen molar-refractivity contribution in [3.8, 4) is 11.8 Å². The van der Waals surface area contributed by atoms with Gasteiger partial charge in [-0.1, -0.05) is 54.4 Å². The number of amides is 1. The summed E-state index contributed by atoms with van der Waals surface area (Å²) >= 11 is 0. The summed E-state index contributed by atoms with van der Waals surface area (Å²) in [6, 6.07) is 0. The summed E-state index contributed by atoms with van der Waals surface area (Å²) in [6.45, 7) is 10.6. The van der Waals surface area contributed by atoms with Crippen LogP contribution in [0, 0.1) is 11.8 Å². The predicted molar refractivity (Wildman–Crippen MR) is 117 cm³/mol. The van der Waals surface area contributed by atoms with Crippen molar-refractivity contribution in [2.75, 3.05) is 26.8 Å². The van der Waals surface area contributed by atoms with Crippen LogP contribution in [0.25, 0.3) is 0 Å². The van der Waals surface area contributed by atoms with E-state index in [1.807, 2.05) is 32.1 Å². The van der Waals surface area contributed by atoms with Crippen molar-refractivity contribution in [1.82, 2.24) is 10.6 Å². The summed E-state index contributed by atoms with van der Waals surface area (Å²) in [5.74, 6) is 6.06. The summed E-state index contributed by atoms with van der Waals surface area (Å²) in [4.78, 5) is 11.5. The molecule has 0 fully saturated rings. The van der Waals surface area contributed by atoms with Crippen LogP contribution in [0.4, 0.5) is 0 Å². The number of aliphatic hydroxyl groups is 1. The van der Waals surface area contributed by atoms with Gasteiger partial charge in [0.2, 0.25) is 5.91 Å². The quantitative estimate of drug-likeness (QED) is 0.341. The number of ether oxygens (including phenoxy) is 1. The highest BCUT2D eigenvalue weighted by Crippen LogP contribution is 2.08. The Morgan fingerprint density at radius 1 is 1.39 bits per heavy atom. The van der Waals surface area contributed by atoms with Crippen molar-refractivity contribution >= 4 is 5.91 Å². The molecule has 1 aliphatic rings. The molecule has 0 bridgehead atoms. The third-order valence-corrected chi connectivity index (χ3v) is 3.52. The Morgan fingerprint density at radius 3 is 2.64 bits per heavy atom. The molecule has 0 aromatic heterocycles. The van der Waals surface area contributed by atoms with Gasteiger partial charge in [0.25, 0.3) is 0 Å². The minimum absolute atomic E-state index is 0.0901. The van der Waals surface area contributed by atoms with Crippen LogP contribution in [0.15, 0.2) is 59.8 Å². The van der Waals surface area contributed by atoms with Gasteiger partial charge in [0.05, 0.1) is 6.54 Å². The molecular weight excluding hydrogens is 352 g/mol. The van der Waals surface area contributed by atoms with Gasteiger partial charge in [-0.15, -0.1) is 0 Å². The highest BCUT2D eigenvalue weighted by Gasteiger charge is 2.01. The van der Waals surface area contributed by atoms with E-state index in [4.69, 9.17) is 5.11 Å². The first kappa shape index (κ1) is 25.6. The van der Waals surface area contributed by atoms with E-state index in [2.05, 4.69) is 45.9 Å². The molecule has 1 aliphatic carbocycles. The fraction of sp³-hybridized carbons (Fsp3) is 0.435. The molecule has 0 heterocycles. The first-order valence-electron chi connectivity index (χ1n) is 9.48. The number of aliphatic hydroxyl groups excluding tert-OH is 1. The van der Waals surface area contributed by atoms with E-state index >= 15 is 0 Å². The van der Waals surface area contributed by atoms with E-state index in [-0.39, 0.29) is 12.5 Å². The fourth-order valence-corrected chi connectivity index (χ4v) is 1.84. The van der Waals surface area contributed by atoms with Gasteiger partial charge in [0, 0.05) is 31.4 Å². The van der Waals surface area contributed by atoms with Crippen molar-refractivity contribution in [3.63, 3.8) is 0 Å². The minimum Gasteiger partial charge on any atom is -0.385 e. The molecule has 1 unspecified atom stereocenters. The van der Waals surface area contributed by atoms with Crippen molar-refractivity contribution < 1.29 is 14.6 Å². The van der Waals surface area contributed by atoms with Gasteiger partial charge in [0.1, 0.15) is 6.23 Å². The van der Waals surface area contributed by atoms with Crippen LogP contribution >= 0.6 is 0 Å². The van der Waals surface area contributed by atoms with Crippen LogP contribution in [0.2, 0.25) is 0 Å². The highest BCUT2D eigenvalue weighted by molar-refractivity contribution is 5.78. The van der Waals surface area contributed by atoms with E-state index in [1.165, 1.54) is 0 Å². The number of hydrogen-bond acceptors (Lipinski definition) is 4. The van der Waals surface area contributed by atoms with Crippen LogP contribution in [0.3, 0.4) is 0 Å². The van der Waals surface area contributed by atoms with Gasteiger partial charge < -0.3 is 15.2 Å². The maximum atomic E-state index is 11.5. The fourth-order valence-electron chi connectivity index (χ4n) is 1.84. The number of methoxy groups -OCH3 is 1. The minimum atomic E-state index is -0.696. The lowest BCUT2D eigenvalue weighted by molar-refractivity contribution is -0.120. The first-order chi connectivity index (χ1) is 13.4. The number of carbonyl (C=O) groups is 1. The summed E-state index contributed by atoms with van der Waals surface area (Å²) in [7, 11) is 1.68. The molecule has 0 radical (unpaired) electrons. The Balaban J connectivity index is 0.00000165. The lowest BCUT2D eigenvalue weighted by Crippen LogP contribution is -2.38. The summed E-state index contributed by atoms with van der Waals surface area (Å²) < 4.78 is 4.54. The zero-order valence-electron chi connectivity index (χ0n) is 17.5. The van der Waals surface area contributed by atoms with Crippen LogP contribution < -0.4 is 10.6 Å². The molecule has 3 N–H and O–H groups in total. The lowest BCUT2D eigenvalue weighted by Gasteiger charge is -2.08. The summed E-state index contributed by atoms with van der Waals surface area (Å²) in [6.07, 6.45) is 13.2. The molecule has 0 aliphatic heterocycles. The molecule has 1 rings (SSSR count). The van der Waals surface area contributed by atoms with E-state index in [0.717, 1.165) is 36.2 Å². The number of allylic oxidation sites excluding steroid dienone is 8. The zero-order valence-corrected chi connectivity index (χ0v) is 17.5. The zero-order chi connectivity index (χ0) is 21.2. The molecule has 28 heavy (non-hydrogen) atoms. The Morgan fingerprint density at radius 2 is 2.11 bits per heavy atom. The predicted octanol–water partition coefficient (Wildman–Crippen LogP) is 3.02. The first-order valence-corrected chi connectivity index (χ1v) is 9.48. The van der Waals surface area contributed by atoms with E-state index in [1.54, 1.807) is 20.1 Å². The molecule has 0 spiro atoms. The Labute approximate surface area is 169 Å². The van der Waals surface area contributed by atoms with Crippen LogP contribution in [0.5, 0.6) is 0 Å². The van der Waals surface area contributed by atoms with E-state index < -0.39 is 6.23 Å². The normalized spacial score (nSPS) is 14.7. The molecule has 0 aromatic rings. The van der Waals surface area contributed by atoms with Gasteiger partial charge >= 0.3 is 0 Å². The molecule has 1 amide bonds. The average molecular weight is 387 g/mol. The molecule has 154 valence electrons.